The van der Waals surface area contributed by atoms with Crippen LogP contribution in [0.3, 0.4) is 0 Å². The minimum absolute atomic E-state index is 0.121. The van der Waals surface area contributed by atoms with Gasteiger partial charge in [0.25, 0.3) is 0 Å². The molecule has 1 aliphatic heterocycles. The van der Waals surface area contributed by atoms with Gasteiger partial charge in [-0.15, -0.1) is 0 Å². The Morgan fingerprint density at radius 2 is 1.63 bits per heavy atom. The number of hydrogen-bond acceptors (Lipinski definition) is 5. The molecule has 19 heavy (non-hydrogen) atoms. The Bertz CT molecular complexity index is 326. The zero-order valence-electron chi connectivity index (χ0n) is 13.1. The van der Waals surface area contributed by atoms with Crippen LogP contribution >= 0.6 is 0 Å². The van der Waals surface area contributed by atoms with Gasteiger partial charge in [0.15, 0.2) is 5.79 Å². The highest BCUT2D eigenvalue weighted by Gasteiger charge is 2.49. The zero-order valence-corrected chi connectivity index (χ0v) is 13.1. The molecule has 0 saturated carbocycles. The molecule has 0 unspecified atom stereocenters. The van der Waals surface area contributed by atoms with Crippen molar-refractivity contribution in [1.82, 2.24) is 5.06 Å². The number of hydrogen-bond donors (Lipinski definition) is 1. The summed E-state index contributed by atoms with van der Waals surface area (Å²) in [6.45, 7) is 12.7. The van der Waals surface area contributed by atoms with E-state index in [1.807, 2.05) is 32.8 Å². The number of carbonyl (C=O) groups is 1. The Morgan fingerprint density at radius 1 is 1.21 bits per heavy atom. The van der Waals surface area contributed by atoms with E-state index in [1.165, 1.54) is 6.92 Å². The molecule has 1 heterocycles. The van der Waals surface area contributed by atoms with Crippen LogP contribution in [-0.2, 0) is 14.4 Å². The van der Waals surface area contributed by atoms with Gasteiger partial charge < -0.3 is 9.84 Å². The quantitative estimate of drug-likeness (QED) is 0.631. The SMILES string of the molecule is CC(=O)OC1CC(C)(C)N(OC(C)(C)O)C(C)(C)C1. The number of piperidine rings is 1. The standard InChI is InChI=1S/C14H27NO4/c1-10(16)18-11-8-12(2,3)15(13(4,5)9-11)19-14(6,7)17/h11,17H,8-9H2,1-7H3. The molecular weight excluding hydrogens is 246 g/mol. The van der Waals surface area contributed by atoms with Crippen molar-refractivity contribution in [3.8, 4) is 0 Å². The second-order valence-corrected chi connectivity index (χ2v) is 7.10. The molecule has 0 spiro atoms. The van der Waals surface area contributed by atoms with Crippen LogP contribution in [0, 0.1) is 0 Å². The Labute approximate surface area is 115 Å². The highest BCUT2D eigenvalue weighted by Crippen LogP contribution is 2.40. The predicted molar refractivity (Wildman–Crippen MR) is 72.2 cm³/mol. The molecule has 0 aromatic heterocycles. The minimum atomic E-state index is -1.23. The first-order valence-corrected chi connectivity index (χ1v) is 6.73. The third-order valence-electron chi connectivity index (χ3n) is 3.20. The smallest absolute Gasteiger partial charge is 0.302 e. The molecule has 1 rings (SSSR count). The highest BCUT2D eigenvalue weighted by atomic mass is 16.8. The van der Waals surface area contributed by atoms with Crippen LogP contribution in [-0.4, -0.2) is 39.1 Å². The Balaban J connectivity index is 2.92. The zero-order chi connectivity index (χ0) is 15.1. The molecule has 0 radical (unpaired) electrons. The largest absolute Gasteiger partial charge is 0.462 e. The summed E-state index contributed by atoms with van der Waals surface area (Å²) >= 11 is 0. The average molecular weight is 273 g/mol. The minimum Gasteiger partial charge on any atom is -0.462 e. The van der Waals surface area contributed by atoms with Crippen molar-refractivity contribution in [1.29, 1.82) is 0 Å². The summed E-state index contributed by atoms with van der Waals surface area (Å²) in [5.74, 6) is -1.49. The van der Waals surface area contributed by atoms with Crippen molar-refractivity contribution < 1.29 is 19.5 Å². The summed E-state index contributed by atoms with van der Waals surface area (Å²) in [7, 11) is 0. The molecule has 1 N–H and O–H groups in total. The van der Waals surface area contributed by atoms with Crippen molar-refractivity contribution in [2.75, 3.05) is 0 Å². The van der Waals surface area contributed by atoms with E-state index in [1.54, 1.807) is 13.8 Å². The highest BCUT2D eigenvalue weighted by molar-refractivity contribution is 5.66. The first kappa shape index (κ1) is 16.4. The molecule has 1 aliphatic rings. The Kier molecular flexibility index (Phi) is 4.35. The first-order valence-electron chi connectivity index (χ1n) is 6.73. The van der Waals surface area contributed by atoms with Gasteiger partial charge in [0.2, 0.25) is 0 Å². The monoisotopic (exact) mass is 273 g/mol. The van der Waals surface area contributed by atoms with Gasteiger partial charge in [-0.3, -0.25) is 9.63 Å². The molecule has 1 saturated heterocycles. The van der Waals surface area contributed by atoms with Gasteiger partial charge in [-0.05, 0) is 41.5 Å². The van der Waals surface area contributed by atoms with Gasteiger partial charge in [-0.1, -0.05) is 0 Å². The molecular formula is C14H27NO4. The summed E-state index contributed by atoms with van der Waals surface area (Å²) in [4.78, 5) is 16.8. The molecule has 0 bridgehead atoms. The van der Waals surface area contributed by atoms with Crippen molar-refractivity contribution in [2.45, 2.75) is 84.3 Å². The fourth-order valence-corrected chi connectivity index (χ4v) is 2.96. The molecule has 0 aromatic rings. The average Bonchev–Trinajstić information content (AvgIpc) is 2.07. The third-order valence-corrected chi connectivity index (χ3v) is 3.20. The predicted octanol–water partition coefficient (Wildman–Crippen LogP) is 2.23. The first-order chi connectivity index (χ1) is 8.33. The van der Waals surface area contributed by atoms with Crippen molar-refractivity contribution in [2.24, 2.45) is 0 Å². The Morgan fingerprint density at radius 3 is 1.95 bits per heavy atom. The molecule has 0 aliphatic carbocycles. The summed E-state index contributed by atoms with van der Waals surface area (Å²) in [6.07, 6.45) is 1.22. The number of carbonyl (C=O) groups excluding carboxylic acids is 1. The summed E-state index contributed by atoms with van der Waals surface area (Å²) < 4.78 is 5.36. The van der Waals surface area contributed by atoms with Gasteiger partial charge in [-0.25, -0.2) is 0 Å². The van der Waals surface area contributed by atoms with Gasteiger partial charge in [0.05, 0.1) is 0 Å². The number of esters is 1. The van der Waals surface area contributed by atoms with Gasteiger partial charge in [0.1, 0.15) is 6.10 Å². The van der Waals surface area contributed by atoms with Crippen molar-refractivity contribution in [3.05, 3.63) is 0 Å². The van der Waals surface area contributed by atoms with Crippen molar-refractivity contribution >= 4 is 5.97 Å². The maximum absolute atomic E-state index is 11.1. The van der Waals surface area contributed by atoms with E-state index >= 15 is 0 Å². The Hall–Kier alpha value is -0.650. The van der Waals surface area contributed by atoms with Crippen LogP contribution in [0.1, 0.15) is 61.3 Å². The van der Waals surface area contributed by atoms with Crippen molar-refractivity contribution in [3.63, 3.8) is 0 Å². The lowest BCUT2D eigenvalue weighted by Gasteiger charge is -2.54. The summed E-state index contributed by atoms with van der Waals surface area (Å²) in [6, 6.07) is 0. The normalized spacial score (nSPS) is 24.2. The fraction of sp³-hybridized carbons (Fsp3) is 0.929. The van der Waals surface area contributed by atoms with Crippen LogP contribution in [0.2, 0.25) is 0 Å². The summed E-state index contributed by atoms with van der Waals surface area (Å²) in [5.41, 5.74) is -0.663. The van der Waals surface area contributed by atoms with E-state index in [4.69, 9.17) is 9.57 Å². The number of hydroxylamine groups is 2. The van der Waals surface area contributed by atoms with Crippen LogP contribution in [0.5, 0.6) is 0 Å². The number of aliphatic hydroxyl groups is 1. The molecule has 0 amide bonds. The topological polar surface area (TPSA) is 59.0 Å². The molecule has 0 atom stereocenters. The van der Waals surface area contributed by atoms with Gasteiger partial charge >= 0.3 is 5.97 Å². The lowest BCUT2D eigenvalue weighted by atomic mass is 9.80. The van der Waals surface area contributed by atoms with Gasteiger partial charge in [-0.2, -0.15) is 5.06 Å². The van der Waals surface area contributed by atoms with Crippen LogP contribution in [0.4, 0.5) is 0 Å². The number of ether oxygens (including phenoxy) is 1. The van der Waals surface area contributed by atoms with E-state index in [0.29, 0.717) is 12.8 Å². The fourth-order valence-electron chi connectivity index (χ4n) is 2.96. The molecule has 5 nitrogen and oxygen atoms in total. The van der Waals surface area contributed by atoms with Crippen LogP contribution in [0.15, 0.2) is 0 Å². The maximum atomic E-state index is 11.1. The van der Waals surface area contributed by atoms with E-state index in [2.05, 4.69) is 0 Å². The third kappa shape index (κ3) is 4.44. The van der Waals surface area contributed by atoms with Crippen LogP contribution < -0.4 is 0 Å². The molecule has 1 fully saturated rings. The lowest BCUT2D eigenvalue weighted by molar-refractivity contribution is -0.384. The summed E-state index contributed by atoms with van der Waals surface area (Å²) in [5, 5.41) is 11.7. The second kappa shape index (κ2) is 5.04. The molecule has 0 aromatic carbocycles. The lowest BCUT2D eigenvalue weighted by Crippen LogP contribution is -2.63. The molecule has 112 valence electrons. The van der Waals surface area contributed by atoms with E-state index in [9.17, 15) is 9.90 Å². The van der Waals surface area contributed by atoms with Gasteiger partial charge in [0, 0.05) is 30.8 Å². The van der Waals surface area contributed by atoms with E-state index in [0.717, 1.165) is 0 Å². The second-order valence-electron chi connectivity index (χ2n) is 7.10. The van der Waals surface area contributed by atoms with E-state index < -0.39 is 5.79 Å². The molecule has 5 heteroatoms. The number of nitrogens with zero attached hydrogens (tertiary/aromatic N) is 1. The van der Waals surface area contributed by atoms with E-state index in [-0.39, 0.29) is 23.2 Å². The number of rotatable bonds is 3. The maximum Gasteiger partial charge on any atom is 0.302 e. The van der Waals surface area contributed by atoms with Crippen LogP contribution in [0.25, 0.3) is 0 Å².